The zero-order valence-corrected chi connectivity index (χ0v) is 8.80. The van der Waals surface area contributed by atoms with Crippen molar-refractivity contribution in [1.29, 1.82) is 0 Å². The van der Waals surface area contributed by atoms with Gasteiger partial charge in [0.05, 0.1) is 25.5 Å². The Morgan fingerprint density at radius 3 is 3.07 bits per heavy atom. The number of carbonyl (C=O) groups is 1. The molecule has 0 unspecified atom stereocenters. The van der Waals surface area contributed by atoms with Gasteiger partial charge in [-0.25, -0.2) is 10.5 Å². The first-order valence-electron chi connectivity index (χ1n) is 4.66. The Balaban J connectivity index is 2.43. The fourth-order valence-corrected chi connectivity index (χ4v) is 0.968. The van der Waals surface area contributed by atoms with Crippen LogP contribution in [-0.2, 0) is 11.3 Å². The molecular weight excluding hydrogens is 198 g/mol. The van der Waals surface area contributed by atoms with Crippen molar-refractivity contribution in [1.82, 2.24) is 20.4 Å². The number of hydrogen-bond donors (Lipinski definition) is 2. The minimum Gasteiger partial charge on any atom is -0.377 e. The van der Waals surface area contributed by atoms with Crippen LogP contribution in [0.2, 0.25) is 0 Å². The molecule has 1 aromatic rings. The zero-order valence-electron chi connectivity index (χ0n) is 8.80. The van der Waals surface area contributed by atoms with E-state index in [1.54, 1.807) is 0 Å². The summed E-state index contributed by atoms with van der Waals surface area (Å²) in [6.07, 6.45) is 1.70. The molecule has 1 aromatic heterocycles. The Kier molecular flexibility index (Phi) is 4.19. The predicted molar refractivity (Wildman–Crippen MR) is 52.8 cm³/mol. The first-order chi connectivity index (χ1) is 7.13. The molecule has 0 aromatic carbocycles. The number of ether oxygens (including phenoxy) is 1. The SMILES string of the molecule is CC(C)OCCn1cc(C(=O)NN)nn1. The van der Waals surface area contributed by atoms with Gasteiger partial charge in [-0.3, -0.25) is 10.2 Å². The average molecular weight is 213 g/mol. The Hall–Kier alpha value is -1.47. The zero-order chi connectivity index (χ0) is 11.3. The van der Waals surface area contributed by atoms with Gasteiger partial charge in [-0.05, 0) is 13.8 Å². The number of nitrogens with zero attached hydrogens (tertiary/aromatic N) is 3. The summed E-state index contributed by atoms with van der Waals surface area (Å²) in [6, 6.07) is 0. The summed E-state index contributed by atoms with van der Waals surface area (Å²) >= 11 is 0. The first-order valence-corrected chi connectivity index (χ1v) is 4.66. The Labute approximate surface area is 87.6 Å². The average Bonchev–Trinajstić information content (AvgIpc) is 2.65. The number of aromatic nitrogens is 3. The minimum atomic E-state index is -0.453. The number of hydrogen-bond acceptors (Lipinski definition) is 5. The highest BCUT2D eigenvalue weighted by molar-refractivity contribution is 5.91. The lowest BCUT2D eigenvalue weighted by molar-refractivity contribution is 0.0706. The molecule has 0 saturated carbocycles. The second-order valence-corrected chi connectivity index (χ2v) is 3.26. The standard InChI is InChI=1S/C8H15N5O2/c1-6(2)15-4-3-13-5-7(11-12-13)8(14)10-9/h5-6H,3-4,9H2,1-2H3,(H,10,14). The summed E-state index contributed by atoms with van der Waals surface area (Å²) in [5.41, 5.74) is 2.18. The molecule has 15 heavy (non-hydrogen) atoms. The van der Waals surface area contributed by atoms with Crippen LogP contribution in [0.3, 0.4) is 0 Å². The van der Waals surface area contributed by atoms with Crippen LogP contribution in [0.15, 0.2) is 6.20 Å². The second kappa shape index (κ2) is 5.42. The summed E-state index contributed by atoms with van der Waals surface area (Å²) in [5, 5.41) is 7.40. The van der Waals surface area contributed by atoms with E-state index in [2.05, 4.69) is 10.3 Å². The summed E-state index contributed by atoms with van der Waals surface area (Å²) in [5.74, 6) is 4.50. The molecule has 1 rings (SSSR count). The van der Waals surface area contributed by atoms with Crippen molar-refractivity contribution in [3.8, 4) is 0 Å². The van der Waals surface area contributed by atoms with E-state index in [1.807, 2.05) is 19.3 Å². The summed E-state index contributed by atoms with van der Waals surface area (Å²) < 4.78 is 6.86. The molecule has 0 aliphatic carbocycles. The third-order valence-corrected chi connectivity index (χ3v) is 1.67. The number of carbonyl (C=O) groups excluding carboxylic acids is 1. The van der Waals surface area contributed by atoms with Crippen molar-refractivity contribution in [3.05, 3.63) is 11.9 Å². The van der Waals surface area contributed by atoms with Crippen LogP contribution in [0, 0.1) is 0 Å². The molecular formula is C8H15N5O2. The molecule has 84 valence electrons. The van der Waals surface area contributed by atoms with Gasteiger partial charge in [0.15, 0.2) is 5.69 Å². The van der Waals surface area contributed by atoms with Gasteiger partial charge >= 0.3 is 0 Å². The van der Waals surface area contributed by atoms with Gasteiger partial charge in [-0.15, -0.1) is 5.10 Å². The van der Waals surface area contributed by atoms with Crippen molar-refractivity contribution in [2.24, 2.45) is 5.84 Å². The van der Waals surface area contributed by atoms with E-state index in [1.165, 1.54) is 10.9 Å². The Bertz CT molecular complexity index is 323. The van der Waals surface area contributed by atoms with E-state index in [-0.39, 0.29) is 11.8 Å². The number of nitrogens with two attached hydrogens (primary N) is 1. The smallest absolute Gasteiger partial charge is 0.287 e. The van der Waals surface area contributed by atoms with Gasteiger partial charge in [0, 0.05) is 0 Å². The lowest BCUT2D eigenvalue weighted by Gasteiger charge is -2.06. The first kappa shape index (κ1) is 11.6. The topological polar surface area (TPSA) is 95.1 Å². The monoisotopic (exact) mass is 213 g/mol. The van der Waals surface area contributed by atoms with Crippen molar-refractivity contribution in [2.75, 3.05) is 6.61 Å². The molecule has 7 nitrogen and oxygen atoms in total. The van der Waals surface area contributed by atoms with Crippen LogP contribution in [0.4, 0.5) is 0 Å². The van der Waals surface area contributed by atoms with Crippen LogP contribution in [0.5, 0.6) is 0 Å². The molecule has 0 saturated heterocycles. The number of amides is 1. The lowest BCUT2D eigenvalue weighted by atomic mass is 10.4. The molecule has 1 heterocycles. The van der Waals surface area contributed by atoms with Crippen molar-refractivity contribution >= 4 is 5.91 Å². The van der Waals surface area contributed by atoms with E-state index in [4.69, 9.17) is 10.6 Å². The van der Waals surface area contributed by atoms with E-state index in [0.717, 1.165) is 0 Å². The number of nitrogen functional groups attached to an aromatic ring is 1. The van der Waals surface area contributed by atoms with Crippen LogP contribution >= 0.6 is 0 Å². The maximum atomic E-state index is 11.0. The van der Waals surface area contributed by atoms with Gasteiger partial charge in [0.1, 0.15) is 0 Å². The Morgan fingerprint density at radius 2 is 2.47 bits per heavy atom. The summed E-state index contributed by atoms with van der Waals surface area (Å²) in [6.45, 7) is 5.00. The van der Waals surface area contributed by atoms with Gasteiger partial charge in [-0.1, -0.05) is 5.21 Å². The van der Waals surface area contributed by atoms with Crippen LogP contribution in [0.1, 0.15) is 24.3 Å². The van der Waals surface area contributed by atoms with Crippen LogP contribution < -0.4 is 11.3 Å². The van der Waals surface area contributed by atoms with Crippen molar-refractivity contribution < 1.29 is 9.53 Å². The maximum Gasteiger partial charge on any atom is 0.287 e. The highest BCUT2D eigenvalue weighted by atomic mass is 16.5. The minimum absolute atomic E-state index is 0.181. The van der Waals surface area contributed by atoms with Gasteiger partial charge < -0.3 is 4.74 Å². The molecule has 0 bridgehead atoms. The molecule has 1 amide bonds. The highest BCUT2D eigenvalue weighted by Crippen LogP contribution is 1.94. The highest BCUT2D eigenvalue weighted by Gasteiger charge is 2.08. The molecule has 7 heteroatoms. The number of hydrazine groups is 1. The third-order valence-electron chi connectivity index (χ3n) is 1.67. The van der Waals surface area contributed by atoms with Gasteiger partial charge in [-0.2, -0.15) is 0 Å². The van der Waals surface area contributed by atoms with E-state index in [9.17, 15) is 4.79 Å². The van der Waals surface area contributed by atoms with Crippen molar-refractivity contribution in [2.45, 2.75) is 26.5 Å². The summed E-state index contributed by atoms with van der Waals surface area (Å²) in [4.78, 5) is 11.0. The normalized spacial score (nSPS) is 10.7. The molecule has 0 fully saturated rings. The van der Waals surface area contributed by atoms with Gasteiger partial charge in [0.2, 0.25) is 0 Å². The Morgan fingerprint density at radius 1 is 1.73 bits per heavy atom. The third kappa shape index (κ3) is 3.64. The molecule has 3 N–H and O–H groups in total. The van der Waals surface area contributed by atoms with E-state index < -0.39 is 5.91 Å². The molecule has 0 aliphatic rings. The predicted octanol–water partition coefficient (Wildman–Crippen LogP) is -0.693. The fourth-order valence-electron chi connectivity index (χ4n) is 0.968. The molecule has 0 atom stereocenters. The number of nitrogens with one attached hydrogen (secondary N) is 1. The molecule has 0 spiro atoms. The quantitative estimate of drug-likeness (QED) is 0.383. The molecule has 0 aliphatic heterocycles. The van der Waals surface area contributed by atoms with E-state index >= 15 is 0 Å². The van der Waals surface area contributed by atoms with Crippen molar-refractivity contribution in [3.63, 3.8) is 0 Å². The van der Waals surface area contributed by atoms with E-state index in [0.29, 0.717) is 13.2 Å². The lowest BCUT2D eigenvalue weighted by Crippen LogP contribution is -2.30. The molecule has 0 radical (unpaired) electrons. The van der Waals surface area contributed by atoms with Crippen LogP contribution in [0.25, 0.3) is 0 Å². The maximum absolute atomic E-state index is 11.0. The largest absolute Gasteiger partial charge is 0.377 e. The van der Waals surface area contributed by atoms with Crippen LogP contribution in [-0.4, -0.2) is 33.6 Å². The van der Waals surface area contributed by atoms with Gasteiger partial charge in [0.25, 0.3) is 5.91 Å². The number of rotatable bonds is 5. The summed E-state index contributed by atoms with van der Waals surface area (Å²) in [7, 11) is 0. The second-order valence-electron chi connectivity index (χ2n) is 3.26. The fraction of sp³-hybridized carbons (Fsp3) is 0.625.